The number of amides is 1. The molecule has 0 aliphatic carbocycles. The predicted octanol–water partition coefficient (Wildman–Crippen LogP) is -0.559. The molecule has 0 aliphatic heterocycles. The van der Waals surface area contributed by atoms with Gasteiger partial charge in [-0.25, -0.2) is 4.79 Å². The Morgan fingerprint density at radius 3 is 2.58 bits per heavy atom. The number of methoxy groups -OCH3 is 1. The Morgan fingerprint density at radius 1 is 1.67 bits per heavy atom. The van der Waals surface area contributed by atoms with Gasteiger partial charge in [0.05, 0.1) is 6.61 Å². The van der Waals surface area contributed by atoms with Crippen LogP contribution in [0.2, 0.25) is 0 Å². The van der Waals surface area contributed by atoms with Gasteiger partial charge >= 0.3 is 5.97 Å². The molecule has 1 amide bonds. The number of carbonyl (C=O) groups is 2. The molecule has 70 valence electrons. The molecule has 5 nitrogen and oxygen atoms in total. The minimum Gasteiger partial charge on any atom is -0.480 e. The number of hydrogen-bond acceptors (Lipinski definition) is 3. The van der Waals surface area contributed by atoms with Crippen molar-refractivity contribution in [1.29, 1.82) is 0 Å². The molecule has 1 unspecified atom stereocenters. The molecule has 2 N–H and O–H groups in total. The summed E-state index contributed by atoms with van der Waals surface area (Å²) in [6.45, 7) is -0.0715. The summed E-state index contributed by atoms with van der Waals surface area (Å²) < 4.78 is 4.57. The van der Waals surface area contributed by atoms with Crippen LogP contribution in [0.25, 0.3) is 0 Å². The molecule has 0 aromatic carbocycles. The normalized spacial score (nSPS) is 12.2. The summed E-state index contributed by atoms with van der Waals surface area (Å²) in [7, 11) is 1.35. The third-order valence-electron chi connectivity index (χ3n) is 1.09. The van der Waals surface area contributed by atoms with Crippen molar-refractivity contribution in [2.45, 2.75) is 6.04 Å². The number of hydrogen-bond donors (Lipinski definition) is 2. The molecule has 1 atom stereocenters. The van der Waals surface area contributed by atoms with Crippen molar-refractivity contribution < 1.29 is 19.4 Å². The van der Waals surface area contributed by atoms with E-state index in [4.69, 9.17) is 16.7 Å². The standard InChI is InChI=1S/C6H10ClNO4/c1-12-3-4(6(10)11)8-5(9)2-7/h4H,2-3H2,1H3,(H,8,9)(H,10,11). The van der Waals surface area contributed by atoms with Gasteiger partial charge in [0.2, 0.25) is 5.91 Å². The van der Waals surface area contributed by atoms with E-state index in [1.165, 1.54) is 7.11 Å². The lowest BCUT2D eigenvalue weighted by atomic mass is 10.3. The Morgan fingerprint density at radius 2 is 2.25 bits per heavy atom. The summed E-state index contributed by atoms with van der Waals surface area (Å²) in [5.74, 6) is -1.93. The van der Waals surface area contributed by atoms with E-state index in [0.29, 0.717) is 0 Å². The molecule has 0 heterocycles. The van der Waals surface area contributed by atoms with Crippen molar-refractivity contribution in [3.63, 3.8) is 0 Å². The maximum atomic E-state index is 10.6. The molecule has 0 aromatic heterocycles. The van der Waals surface area contributed by atoms with Crippen LogP contribution in [0, 0.1) is 0 Å². The van der Waals surface area contributed by atoms with E-state index in [1.807, 2.05) is 0 Å². The second-order valence-electron chi connectivity index (χ2n) is 2.05. The van der Waals surface area contributed by atoms with Gasteiger partial charge in [0, 0.05) is 7.11 Å². The van der Waals surface area contributed by atoms with Crippen LogP contribution in [0.4, 0.5) is 0 Å². The summed E-state index contributed by atoms with van der Waals surface area (Å²) in [6, 6.07) is -1.03. The third-order valence-corrected chi connectivity index (χ3v) is 1.33. The molecule has 0 rings (SSSR count). The van der Waals surface area contributed by atoms with E-state index in [9.17, 15) is 9.59 Å². The van der Waals surface area contributed by atoms with E-state index in [2.05, 4.69) is 10.1 Å². The molecular weight excluding hydrogens is 186 g/mol. The number of alkyl halides is 1. The molecule has 0 saturated carbocycles. The van der Waals surface area contributed by atoms with Gasteiger partial charge in [0.15, 0.2) is 6.04 Å². The van der Waals surface area contributed by atoms with Gasteiger partial charge in [-0.2, -0.15) is 0 Å². The maximum absolute atomic E-state index is 10.6. The minimum atomic E-state index is -1.14. The van der Waals surface area contributed by atoms with E-state index in [-0.39, 0.29) is 12.5 Å². The van der Waals surface area contributed by atoms with Crippen molar-refractivity contribution in [2.75, 3.05) is 19.6 Å². The van der Waals surface area contributed by atoms with Gasteiger partial charge in [-0.05, 0) is 0 Å². The smallest absolute Gasteiger partial charge is 0.328 e. The molecule has 0 fully saturated rings. The van der Waals surface area contributed by atoms with Crippen LogP contribution in [-0.2, 0) is 14.3 Å². The van der Waals surface area contributed by atoms with E-state index >= 15 is 0 Å². The van der Waals surface area contributed by atoms with Gasteiger partial charge in [-0.3, -0.25) is 4.79 Å². The fraction of sp³-hybridized carbons (Fsp3) is 0.667. The lowest BCUT2D eigenvalue weighted by Gasteiger charge is -2.11. The highest BCUT2D eigenvalue weighted by molar-refractivity contribution is 6.27. The maximum Gasteiger partial charge on any atom is 0.328 e. The molecule has 0 bridgehead atoms. The van der Waals surface area contributed by atoms with Gasteiger partial charge in [-0.15, -0.1) is 11.6 Å². The van der Waals surface area contributed by atoms with Gasteiger partial charge < -0.3 is 15.2 Å². The van der Waals surface area contributed by atoms with Crippen LogP contribution in [0.1, 0.15) is 0 Å². The zero-order valence-electron chi connectivity index (χ0n) is 6.54. The summed E-state index contributed by atoms with van der Waals surface area (Å²) in [6.07, 6.45) is 0. The molecule has 0 saturated heterocycles. The fourth-order valence-corrected chi connectivity index (χ4v) is 0.651. The predicted molar refractivity (Wildman–Crippen MR) is 42.2 cm³/mol. The van der Waals surface area contributed by atoms with Crippen LogP contribution in [0.5, 0.6) is 0 Å². The average molecular weight is 196 g/mol. The van der Waals surface area contributed by atoms with Crippen molar-refractivity contribution in [2.24, 2.45) is 0 Å². The van der Waals surface area contributed by atoms with Gasteiger partial charge in [0.1, 0.15) is 5.88 Å². The monoisotopic (exact) mass is 195 g/mol. The molecule has 0 radical (unpaired) electrons. The zero-order valence-corrected chi connectivity index (χ0v) is 7.30. The molecule has 0 spiro atoms. The molecule has 0 aromatic rings. The molecule has 12 heavy (non-hydrogen) atoms. The molecule has 6 heteroatoms. The van der Waals surface area contributed by atoms with E-state index in [0.717, 1.165) is 0 Å². The highest BCUT2D eigenvalue weighted by atomic mass is 35.5. The van der Waals surface area contributed by atoms with E-state index in [1.54, 1.807) is 0 Å². The van der Waals surface area contributed by atoms with Gasteiger partial charge in [0.25, 0.3) is 0 Å². The summed E-state index contributed by atoms with van der Waals surface area (Å²) in [5.41, 5.74) is 0. The number of aliphatic carboxylic acids is 1. The lowest BCUT2D eigenvalue weighted by molar-refractivity contribution is -0.142. The molecule has 0 aliphatic rings. The number of carboxylic acid groups (broad SMARTS) is 1. The van der Waals surface area contributed by atoms with Crippen molar-refractivity contribution in [3.8, 4) is 0 Å². The van der Waals surface area contributed by atoms with Gasteiger partial charge in [-0.1, -0.05) is 0 Å². The highest BCUT2D eigenvalue weighted by Crippen LogP contribution is 1.86. The Hall–Kier alpha value is -0.810. The number of carboxylic acids is 1. The van der Waals surface area contributed by atoms with E-state index < -0.39 is 17.9 Å². The van der Waals surface area contributed by atoms with Crippen molar-refractivity contribution in [1.82, 2.24) is 5.32 Å². The highest BCUT2D eigenvalue weighted by Gasteiger charge is 2.18. The Balaban J connectivity index is 3.95. The minimum absolute atomic E-state index is 0.0715. The first-order valence-electron chi connectivity index (χ1n) is 3.19. The van der Waals surface area contributed by atoms with Crippen molar-refractivity contribution in [3.05, 3.63) is 0 Å². The summed E-state index contributed by atoms with van der Waals surface area (Å²) in [4.78, 5) is 21.0. The Kier molecular flexibility index (Phi) is 5.40. The van der Waals surface area contributed by atoms with Crippen LogP contribution >= 0.6 is 11.6 Å². The van der Waals surface area contributed by atoms with Crippen LogP contribution in [0.3, 0.4) is 0 Å². The quantitative estimate of drug-likeness (QED) is 0.577. The second kappa shape index (κ2) is 5.79. The average Bonchev–Trinajstić information content (AvgIpc) is 2.03. The first kappa shape index (κ1) is 11.2. The second-order valence-corrected chi connectivity index (χ2v) is 2.31. The largest absolute Gasteiger partial charge is 0.480 e. The number of nitrogens with one attached hydrogen (secondary N) is 1. The lowest BCUT2D eigenvalue weighted by Crippen LogP contribution is -2.44. The molecular formula is C6H10ClNO4. The number of ether oxygens (including phenoxy) is 1. The van der Waals surface area contributed by atoms with Crippen LogP contribution in [-0.4, -0.2) is 42.6 Å². The van der Waals surface area contributed by atoms with Crippen LogP contribution < -0.4 is 5.32 Å². The Bertz CT molecular complexity index is 171. The topological polar surface area (TPSA) is 75.6 Å². The number of carbonyl (C=O) groups excluding carboxylic acids is 1. The number of rotatable bonds is 5. The summed E-state index contributed by atoms with van der Waals surface area (Å²) in [5, 5.41) is 10.7. The first-order valence-corrected chi connectivity index (χ1v) is 3.72. The zero-order chi connectivity index (χ0) is 9.56. The summed E-state index contributed by atoms with van der Waals surface area (Å²) >= 11 is 5.16. The Labute approximate surface area is 74.6 Å². The van der Waals surface area contributed by atoms with Crippen molar-refractivity contribution >= 4 is 23.5 Å². The first-order chi connectivity index (χ1) is 5.61. The SMILES string of the molecule is COCC(NC(=O)CCl)C(=O)O. The van der Waals surface area contributed by atoms with Crippen LogP contribution in [0.15, 0.2) is 0 Å². The number of halogens is 1. The fourth-order valence-electron chi connectivity index (χ4n) is 0.574. The third kappa shape index (κ3) is 4.15.